The second-order valence-corrected chi connectivity index (χ2v) is 6.94. The first-order chi connectivity index (χ1) is 12.1. The fourth-order valence-corrected chi connectivity index (χ4v) is 2.87. The zero-order valence-corrected chi connectivity index (χ0v) is 15.2. The third-order valence-electron chi connectivity index (χ3n) is 4.11. The van der Waals surface area contributed by atoms with Crippen LogP contribution in [-0.4, -0.2) is 33.6 Å². The summed E-state index contributed by atoms with van der Waals surface area (Å²) in [5, 5.41) is 14.3. The van der Waals surface area contributed by atoms with Crippen molar-refractivity contribution >= 4 is 27.5 Å². The van der Waals surface area contributed by atoms with Gasteiger partial charge < -0.3 is 5.11 Å². The van der Waals surface area contributed by atoms with Crippen LogP contribution >= 0.6 is 15.9 Å². The van der Waals surface area contributed by atoms with Crippen molar-refractivity contribution in [3.8, 4) is 0 Å². The quantitative estimate of drug-likeness (QED) is 0.779. The van der Waals surface area contributed by atoms with Crippen LogP contribution in [0.2, 0.25) is 0 Å². The SMILES string of the molecule is Cc1ccc(C2=NN(C(=O)c3ccc(Br)cc3)[C@@](O)(C(F)(F)F)C2)cc1. The molecule has 136 valence electrons. The lowest BCUT2D eigenvalue weighted by atomic mass is 10.00. The Morgan fingerprint density at radius 2 is 1.73 bits per heavy atom. The van der Waals surface area contributed by atoms with Crippen molar-refractivity contribution in [1.29, 1.82) is 0 Å². The molecular weight excluding hydrogens is 413 g/mol. The maximum absolute atomic E-state index is 13.6. The van der Waals surface area contributed by atoms with Crippen LogP contribution < -0.4 is 0 Å². The molecule has 1 N–H and O–H groups in total. The minimum absolute atomic E-state index is 0.00436. The molecule has 1 heterocycles. The van der Waals surface area contributed by atoms with E-state index in [0.29, 0.717) is 10.0 Å². The predicted molar refractivity (Wildman–Crippen MR) is 93.6 cm³/mol. The molecule has 0 saturated carbocycles. The Bertz CT molecular complexity index is 864. The summed E-state index contributed by atoms with van der Waals surface area (Å²) in [7, 11) is 0. The van der Waals surface area contributed by atoms with Gasteiger partial charge in [-0.25, -0.2) is 0 Å². The van der Waals surface area contributed by atoms with Crippen LogP contribution in [0.3, 0.4) is 0 Å². The van der Waals surface area contributed by atoms with Crippen molar-refractivity contribution in [3.05, 3.63) is 69.7 Å². The fraction of sp³-hybridized carbons (Fsp3) is 0.222. The first-order valence-corrected chi connectivity index (χ1v) is 8.45. The molecule has 8 heteroatoms. The number of carbonyl (C=O) groups excluding carboxylic acids is 1. The van der Waals surface area contributed by atoms with Crippen LogP contribution in [0, 0.1) is 6.92 Å². The Kier molecular flexibility index (Phi) is 4.66. The predicted octanol–water partition coefficient (Wildman–Crippen LogP) is 4.26. The van der Waals surface area contributed by atoms with E-state index < -0.39 is 24.2 Å². The number of aryl methyl sites for hydroxylation is 1. The third kappa shape index (κ3) is 3.26. The lowest BCUT2D eigenvalue weighted by Crippen LogP contribution is -2.56. The highest BCUT2D eigenvalue weighted by Gasteiger charge is 2.63. The van der Waals surface area contributed by atoms with Crippen LogP contribution in [-0.2, 0) is 0 Å². The Labute approximate surface area is 156 Å². The molecule has 2 aromatic rings. The maximum Gasteiger partial charge on any atom is 0.438 e. The van der Waals surface area contributed by atoms with Gasteiger partial charge in [-0.15, -0.1) is 0 Å². The Balaban J connectivity index is 2.03. The molecule has 1 aliphatic heterocycles. The van der Waals surface area contributed by atoms with Crippen LogP contribution in [0.25, 0.3) is 0 Å². The van der Waals surface area contributed by atoms with E-state index in [-0.39, 0.29) is 16.3 Å². The first-order valence-electron chi connectivity index (χ1n) is 7.65. The van der Waals surface area contributed by atoms with Crippen molar-refractivity contribution in [2.75, 3.05) is 0 Å². The molecule has 1 amide bonds. The van der Waals surface area contributed by atoms with Gasteiger partial charge in [0.05, 0.1) is 12.1 Å². The van der Waals surface area contributed by atoms with Crippen LogP contribution in [0.1, 0.15) is 27.9 Å². The van der Waals surface area contributed by atoms with Gasteiger partial charge in [-0.3, -0.25) is 4.79 Å². The van der Waals surface area contributed by atoms with Crippen molar-refractivity contribution in [3.63, 3.8) is 0 Å². The number of halogens is 4. The summed E-state index contributed by atoms with van der Waals surface area (Å²) in [4.78, 5) is 12.6. The second-order valence-electron chi connectivity index (χ2n) is 6.03. The van der Waals surface area contributed by atoms with E-state index >= 15 is 0 Å². The number of rotatable bonds is 2. The summed E-state index contributed by atoms with van der Waals surface area (Å²) in [5.41, 5.74) is -2.05. The van der Waals surface area contributed by atoms with Gasteiger partial charge in [-0.05, 0) is 36.8 Å². The van der Waals surface area contributed by atoms with Crippen molar-refractivity contribution < 1.29 is 23.1 Å². The number of carbonyl (C=O) groups is 1. The molecule has 0 bridgehead atoms. The van der Waals surface area contributed by atoms with E-state index in [1.807, 2.05) is 6.92 Å². The summed E-state index contributed by atoms with van der Waals surface area (Å²) in [6.07, 6.45) is -5.89. The number of hydrazone groups is 1. The van der Waals surface area contributed by atoms with Crippen molar-refractivity contribution in [2.24, 2.45) is 5.10 Å². The number of hydrogen-bond donors (Lipinski definition) is 1. The average molecular weight is 427 g/mol. The molecule has 1 aliphatic rings. The molecule has 0 unspecified atom stereocenters. The summed E-state index contributed by atoms with van der Waals surface area (Å²) in [6, 6.07) is 12.5. The van der Waals surface area contributed by atoms with E-state index in [9.17, 15) is 23.1 Å². The number of hydrogen-bond acceptors (Lipinski definition) is 3. The lowest BCUT2D eigenvalue weighted by molar-refractivity contribution is -0.297. The molecule has 0 aromatic heterocycles. The largest absolute Gasteiger partial charge is 0.438 e. The monoisotopic (exact) mass is 426 g/mol. The molecule has 0 fully saturated rings. The molecular formula is C18H14BrF3N2O2. The molecule has 2 aromatic carbocycles. The highest BCUT2D eigenvalue weighted by atomic mass is 79.9. The number of benzene rings is 2. The van der Waals surface area contributed by atoms with Crippen LogP contribution in [0.15, 0.2) is 58.1 Å². The first kappa shape index (κ1) is 18.6. The minimum atomic E-state index is -5.06. The van der Waals surface area contributed by atoms with Crippen LogP contribution in [0.5, 0.6) is 0 Å². The Morgan fingerprint density at radius 3 is 2.27 bits per heavy atom. The topological polar surface area (TPSA) is 52.9 Å². The summed E-state index contributed by atoms with van der Waals surface area (Å²) >= 11 is 3.20. The second kappa shape index (κ2) is 6.51. The van der Waals surface area contributed by atoms with E-state index in [4.69, 9.17) is 0 Å². The van der Waals surface area contributed by atoms with Gasteiger partial charge in [0.15, 0.2) is 0 Å². The maximum atomic E-state index is 13.6. The molecule has 4 nitrogen and oxygen atoms in total. The molecule has 0 spiro atoms. The van der Waals surface area contributed by atoms with Gasteiger partial charge in [-0.1, -0.05) is 45.8 Å². The van der Waals surface area contributed by atoms with Gasteiger partial charge in [0.2, 0.25) is 0 Å². The number of alkyl halides is 3. The number of nitrogens with zero attached hydrogens (tertiary/aromatic N) is 2. The van der Waals surface area contributed by atoms with Gasteiger partial charge >= 0.3 is 6.18 Å². The molecule has 26 heavy (non-hydrogen) atoms. The molecule has 0 aliphatic carbocycles. The average Bonchev–Trinajstić information content (AvgIpc) is 2.94. The zero-order valence-electron chi connectivity index (χ0n) is 13.6. The summed E-state index contributed by atoms with van der Waals surface area (Å²) in [5.74, 6) is -1.03. The highest BCUT2D eigenvalue weighted by Crippen LogP contribution is 2.42. The molecule has 0 saturated heterocycles. The normalized spacial score (nSPS) is 20.2. The van der Waals surface area contributed by atoms with Gasteiger partial charge in [-0.2, -0.15) is 23.3 Å². The Hall–Kier alpha value is -2.19. The van der Waals surface area contributed by atoms with E-state index in [2.05, 4.69) is 21.0 Å². The fourth-order valence-electron chi connectivity index (χ4n) is 2.60. The van der Waals surface area contributed by atoms with E-state index in [1.165, 1.54) is 24.3 Å². The summed E-state index contributed by atoms with van der Waals surface area (Å²) < 4.78 is 41.4. The molecule has 1 atom stereocenters. The van der Waals surface area contributed by atoms with Gasteiger partial charge in [0, 0.05) is 10.0 Å². The van der Waals surface area contributed by atoms with Gasteiger partial charge in [0.1, 0.15) is 0 Å². The zero-order chi connectivity index (χ0) is 19.1. The molecule has 0 radical (unpaired) electrons. The molecule has 3 rings (SSSR count). The number of aliphatic hydroxyl groups is 1. The third-order valence-corrected chi connectivity index (χ3v) is 4.64. The minimum Gasteiger partial charge on any atom is -0.362 e. The smallest absolute Gasteiger partial charge is 0.362 e. The van der Waals surface area contributed by atoms with Crippen molar-refractivity contribution in [1.82, 2.24) is 5.01 Å². The van der Waals surface area contributed by atoms with Crippen LogP contribution in [0.4, 0.5) is 13.2 Å². The Morgan fingerprint density at radius 1 is 1.15 bits per heavy atom. The van der Waals surface area contributed by atoms with Crippen molar-refractivity contribution in [2.45, 2.75) is 25.2 Å². The highest BCUT2D eigenvalue weighted by molar-refractivity contribution is 9.10. The van der Waals surface area contributed by atoms with Gasteiger partial charge in [0.25, 0.3) is 11.6 Å². The van der Waals surface area contributed by atoms with E-state index in [1.54, 1.807) is 24.3 Å². The summed E-state index contributed by atoms with van der Waals surface area (Å²) in [6.45, 7) is 1.84. The lowest BCUT2D eigenvalue weighted by Gasteiger charge is -2.32. The van der Waals surface area contributed by atoms with E-state index in [0.717, 1.165) is 5.56 Å². The standard InChI is InChI=1S/C18H14BrF3N2O2/c1-11-2-4-12(5-3-11)15-10-17(26,18(20,21)22)24(23-15)16(25)13-6-8-14(19)9-7-13/h2-9,26H,10H2,1H3/t17-/m0/s1. The number of amides is 1.